The fraction of sp³-hybridized carbons (Fsp3) is 0.348. The van der Waals surface area contributed by atoms with Crippen molar-refractivity contribution in [2.45, 2.75) is 52.2 Å². The fourth-order valence-corrected chi connectivity index (χ4v) is 4.80. The molecule has 30 heavy (non-hydrogen) atoms. The van der Waals surface area contributed by atoms with Crippen LogP contribution in [0.3, 0.4) is 0 Å². The lowest BCUT2D eigenvalue weighted by Crippen LogP contribution is -2.29. The number of aromatic nitrogens is 2. The summed E-state index contributed by atoms with van der Waals surface area (Å²) in [7, 11) is 0. The topological polar surface area (TPSA) is 92.3 Å². The summed E-state index contributed by atoms with van der Waals surface area (Å²) < 4.78 is 19.4. The van der Waals surface area contributed by atoms with Gasteiger partial charge in [0.25, 0.3) is 5.56 Å². The van der Waals surface area contributed by atoms with E-state index >= 15 is 0 Å². The number of aromatic amines is 1. The lowest BCUT2D eigenvalue weighted by Gasteiger charge is -2.25. The summed E-state index contributed by atoms with van der Waals surface area (Å²) in [5.74, 6) is -1.07. The Labute approximate surface area is 171 Å². The lowest BCUT2D eigenvalue weighted by atomic mass is 9.83. The molecule has 1 aromatic carbocycles. The highest BCUT2D eigenvalue weighted by Crippen LogP contribution is 2.38. The van der Waals surface area contributed by atoms with Crippen LogP contribution >= 0.6 is 0 Å². The van der Waals surface area contributed by atoms with Crippen LogP contribution in [-0.4, -0.2) is 21.0 Å². The highest BCUT2D eigenvalue weighted by atomic mass is 19.1. The quantitative estimate of drug-likeness (QED) is 0.636. The van der Waals surface area contributed by atoms with Crippen molar-refractivity contribution >= 4 is 16.9 Å². The second-order valence-electron chi connectivity index (χ2n) is 7.94. The largest absolute Gasteiger partial charge is 0.458 e. The number of aryl methyl sites for hydroxylation is 2. The van der Waals surface area contributed by atoms with E-state index in [1.54, 1.807) is 13.0 Å². The molecule has 5 rings (SSSR count). The number of hydrogen-bond acceptors (Lipinski definition) is 5. The van der Waals surface area contributed by atoms with E-state index in [9.17, 15) is 19.1 Å². The van der Waals surface area contributed by atoms with E-state index in [1.165, 1.54) is 6.07 Å². The molecule has 2 aromatic heterocycles. The first kappa shape index (κ1) is 18.9. The van der Waals surface area contributed by atoms with Crippen LogP contribution in [0.2, 0.25) is 0 Å². The van der Waals surface area contributed by atoms with Gasteiger partial charge < -0.3 is 14.8 Å². The number of carbonyl (C=O) groups is 1. The van der Waals surface area contributed by atoms with Gasteiger partial charge in [0.1, 0.15) is 12.4 Å². The summed E-state index contributed by atoms with van der Waals surface area (Å²) in [5, 5.41) is 11.3. The van der Waals surface area contributed by atoms with Crippen LogP contribution in [0.1, 0.15) is 52.8 Å². The molecule has 1 aliphatic carbocycles. The predicted molar refractivity (Wildman–Crippen MR) is 109 cm³/mol. The number of aliphatic hydroxyl groups excluding tert-OH is 1. The standard InChI is InChI=1S/C23H21FN2O4/c1-3-11-13-6-4-5-12-10(2)16(24)8-17(19(12)13)25-20(11)18-7-14-15(22(28)26-18)9-30-23(29)21(14)27/h7-8,21,27H,3-6,9H2,1-2H3,(H,26,28)/t21-/m0/s1. The molecule has 0 saturated carbocycles. The molecule has 6 nitrogen and oxygen atoms in total. The number of fused-ring (bicyclic) bond motifs is 1. The molecule has 0 unspecified atom stereocenters. The maximum atomic E-state index is 14.6. The minimum atomic E-state index is -1.51. The summed E-state index contributed by atoms with van der Waals surface area (Å²) in [6.07, 6.45) is 1.78. The first-order valence-electron chi connectivity index (χ1n) is 10.1. The zero-order valence-electron chi connectivity index (χ0n) is 16.8. The number of nitrogens with zero attached hydrogens (tertiary/aromatic N) is 1. The number of cyclic esters (lactones) is 1. The van der Waals surface area contributed by atoms with E-state index in [0.29, 0.717) is 28.9 Å². The normalized spacial score (nSPS) is 17.7. The molecule has 3 aromatic rings. The molecular formula is C23H21FN2O4. The Bertz CT molecular complexity index is 1300. The molecule has 0 saturated heterocycles. The molecule has 2 N–H and O–H groups in total. The van der Waals surface area contributed by atoms with Crippen LogP contribution in [0.5, 0.6) is 0 Å². The van der Waals surface area contributed by atoms with Crippen molar-refractivity contribution in [3.8, 4) is 11.4 Å². The van der Waals surface area contributed by atoms with Gasteiger partial charge in [0.2, 0.25) is 0 Å². The summed E-state index contributed by atoms with van der Waals surface area (Å²) >= 11 is 0. The van der Waals surface area contributed by atoms with Crippen molar-refractivity contribution in [3.63, 3.8) is 0 Å². The first-order valence-corrected chi connectivity index (χ1v) is 10.1. The Morgan fingerprint density at radius 2 is 2.00 bits per heavy atom. The SMILES string of the molecule is CCc1c(-c2cc3c(c(=O)[nH]2)COC(=O)[C@H]3O)nc2cc(F)c(C)c3c2c1CCC3. The molecule has 0 fully saturated rings. The third-order valence-corrected chi connectivity index (χ3v) is 6.33. The Hall–Kier alpha value is -3.06. The number of aliphatic hydroxyl groups is 1. The van der Waals surface area contributed by atoms with E-state index in [4.69, 9.17) is 9.72 Å². The monoisotopic (exact) mass is 408 g/mol. The molecule has 2 aliphatic rings. The van der Waals surface area contributed by atoms with Crippen LogP contribution < -0.4 is 5.56 Å². The van der Waals surface area contributed by atoms with Crippen molar-refractivity contribution in [3.05, 3.63) is 61.7 Å². The number of halogens is 1. The first-order chi connectivity index (χ1) is 14.4. The zero-order valence-corrected chi connectivity index (χ0v) is 16.8. The third-order valence-electron chi connectivity index (χ3n) is 6.33. The third kappa shape index (κ3) is 2.61. The van der Waals surface area contributed by atoms with Gasteiger partial charge in [-0.1, -0.05) is 6.92 Å². The number of esters is 1. The molecule has 1 atom stereocenters. The summed E-state index contributed by atoms with van der Waals surface area (Å²) in [4.78, 5) is 32.0. The molecule has 0 bridgehead atoms. The highest BCUT2D eigenvalue weighted by molar-refractivity contribution is 5.91. The van der Waals surface area contributed by atoms with Gasteiger partial charge in [0.05, 0.1) is 22.5 Å². The Kier molecular flexibility index (Phi) is 4.25. The number of benzene rings is 1. The van der Waals surface area contributed by atoms with Gasteiger partial charge in [-0.05, 0) is 60.9 Å². The summed E-state index contributed by atoms with van der Waals surface area (Å²) in [5.41, 5.74) is 5.39. The van der Waals surface area contributed by atoms with Crippen LogP contribution in [-0.2, 0) is 35.4 Å². The van der Waals surface area contributed by atoms with Crippen LogP contribution in [0.4, 0.5) is 4.39 Å². The smallest absolute Gasteiger partial charge is 0.340 e. The minimum absolute atomic E-state index is 0.175. The molecular weight excluding hydrogens is 387 g/mol. The molecule has 0 spiro atoms. The van der Waals surface area contributed by atoms with Crippen molar-refractivity contribution < 1.29 is 19.0 Å². The number of nitrogens with one attached hydrogen (secondary N) is 1. The molecule has 0 amide bonds. The zero-order chi connectivity index (χ0) is 21.2. The average molecular weight is 408 g/mol. The van der Waals surface area contributed by atoms with Crippen molar-refractivity contribution in [1.29, 1.82) is 0 Å². The fourth-order valence-electron chi connectivity index (χ4n) is 4.80. The predicted octanol–water partition coefficient (Wildman–Crippen LogP) is 3.18. The summed E-state index contributed by atoms with van der Waals surface area (Å²) in [6, 6.07) is 3.05. The number of hydrogen-bond donors (Lipinski definition) is 2. The van der Waals surface area contributed by atoms with Gasteiger partial charge in [-0.2, -0.15) is 0 Å². The molecule has 154 valence electrons. The summed E-state index contributed by atoms with van der Waals surface area (Å²) in [6.45, 7) is 3.65. The molecule has 7 heteroatoms. The van der Waals surface area contributed by atoms with Gasteiger partial charge in [-0.15, -0.1) is 0 Å². The van der Waals surface area contributed by atoms with Crippen LogP contribution in [0, 0.1) is 12.7 Å². The number of pyridine rings is 2. The van der Waals surface area contributed by atoms with Crippen molar-refractivity contribution in [1.82, 2.24) is 9.97 Å². The molecule has 1 aliphatic heterocycles. The van der Waals surface area contributed by atoms with Gasteiger partial charge >= 0.3 is 5.97 Å². The van der Waals surface area contributed by atoms with Crippen LogP contribution in [0.25, 0.3) is 22.3 Å². The minimum Gasteiger partial charge on any atom is -0.458 e. The Balaban J connectivity index is 1.83. The van der Waals surface area contributed by atoms with E-state index in [2.05, 4.69) is 4.98 Å². The van der Waals surface area contributed by atoms with Gasteiger partial charge in [-0.3, -0.25) is 4.79 Å². The number of rotatable bonds is 2. The van der Waals surface area contributed by atoms with Gasteiger partial charge in [0.15, 0.2) is 6.10 Å². The van der Waals surface area contributed by atoms with Crippen LogP contribution in [0.15, 0.2) is 16.9 Å². The van der Waals surface area contributed by atoms with E-state index < -0.39 is 17.6 Å². The van der Waals surface area contributed by atoms with E-state index in [1.807, 2.05) is 6.92 Å². The number of carbonyl (C=O) groups excluding carboxylic acids is 1. The van der Waals surface area contributed by atoms with Gasteiger partial charge in [0, 0.05) is 17.0 Å². The maximum Gasteiger partial charge on any atom is 0.340 e. The van der Waals surface area contributed by atoms with E-state index in [0.717, 1.165) is 41.3 Å². The van der Waals surface area contributed by atoms with Gasteiger partial charge in [-0.25, -0.2) is 14.2 Å². The molecule has 0 radical (unpaired) electrons. The number of H-pyrrole nitrogens is 1. The Morgan fingerprint density at radius 1 is 1.23 bits per heavy atom. The lowest BCUT2D eigenvalue weighted by molar-refractivity contribution is -0.157. The van der Waals surface area contributed by atoms with Crippen molar-refractivity contribution in [2.24, 2.45) is 0 Å². The Morgan fingerprint density at radius 3 is 2.77 bits per heavy atom. The highest BCUT2D eigenvalue weighted by Gasteiger charge is 2.31. The second kappa shape index (κ2) is 6.74. The van der Waals surface area contributed by atoms with Crippen molar-refractivity contribution in [2.75, 3.05) is 0 Å². The average Bonchev–Trinajstić information content (AvgIpc) is 2.74. The van der Waals surface area contributed by atoms with E-state index in [-0.39, 0.29) is 23.6 Å². The number of ether oxygens (including phenoxy) is 1. The molecule has 3 heterocycles. The second-order valence-corrected chi connectivity index (χ2v) is 7.94. The maximum absolute atomic E-state index is 14.6.